The zero-order chi connectivity index (χ0) is 10.3. The second-order valence-corrected chi connectivity index (χ2v) is 4.64. The molecule has 2 heterocycles. The van der Waals surface area contributed by atoms with Crippen LogP contribution in [0.15, 0.2) is 45.3 Å². The molecule has 0 bridgehead atoms. The van der Waals surface area contributed by atoms with Gasteiger partial charge in [-0.1, -0.05) is 30.0 Å². The fourth-order valence-electron chi connectivity index (χ4n) is 1.99. The van der Waals surface area contributed by atoms with Crippen LogP contribution in [0.4, 0.5) is 0 Å². The van der Waals surface area contributed by atoms with Gasteiger partial charge in [0.15, 0.2) is 0 Å². The van der Waals surface area contributed by atoms with E-state index in [9.17, 15) is 0 Å². The van der Waals surface area contributed by atoms with E-state index in [-0.39, 0.29) is 0 Å². The van der Waals surface area contributed by atoms with Crippen molar-refractivity contribution in [2.75, 3.05) is 13.1 Å². The number of nitrogens with zero attached hydrogens (tertiary/aromatic N) is 2. The zero-order valence-corrected chi connectivity index (χ0v) is 9.42. The third kappa shape index (κ3) is 1.38. The van der Waals surface area contributed by atoms with Gasteiger partial charge in [0.1, 0.15) is 5.84 Å². The smallest absolute Gasteiger partial charge is 0.136 e. The number of benzene rings is 1. The molecule has 0 spiro atoms. The first-order valence-electron chi connectivity index (χ1n) is 5.11. The minimum Gasteiger partial charge on any atom is -0.328 e. The quantitative estimate of drug-likeness (QED) is 0.662. The van der Waals surface area contributed by atoms with Gasteiger partial charge in [0.2, 0.25) is 0 Å². The van der Waals surface area contributed by atoms with Gasteiger partial charge in [-0.25, -0.2) is 0 Å². The van der Waals surface area contributed by atoms with Crippen molar-refractivity contribution in [1.29, 1.82) is 0 Å². The lowest BCUT2D eigenvalue weighted by atomic mass is 10.2. The number of hydrogen-bond donors (Lipinski definition) is 0. The Hall–Kier alpha value is -1.22. The van der Waals surface area contributed by atoms with E-state index in [1.54, 1.807) is 11.8 Å². The monoisotopic (exact) mass is 216 g/mol. The maximum atomic E-state index is 4.60. The highest BCUT2D eigenvalue weighted by Gasteiger charge is 2.24. The average Bonchev–Trinajstić information content (AvgIpc) is 2.71. The molecule has 0 aromatic heterocycles. The van der Waals surface area contributed by atoms with Gasteiger partial charge in [-0.3, -0.25) is 4.99 Å². The third-order valence-electron chi connectivity index (χ3n) is 2.75. The lowest BCUT2D eigenvalue weighted by molar-refractivity contribution is 0.565. The normalized spacial score (nSPS) is 18.9. The molecule has 0 radical (unpaired) electrons. The molecule has 2 nitrogen and oxygen atoms in total. The Morgan fingerprint density at radius 3 is 3.13 bits per heavy atom. The minimum atomic E-state index is 0.916. The van der Waals surface area contributed by atoms with E-state index < -0.39 is 0 Å². The van der Waals surface area contributed by atoms with Crippen molar-refractivity contribution in [3.63, 3.8) is 0 Å². The van der Waals surface area contributed by atoms with Crippen LogP contribution in [0, 0.1) is 0 Å². The lowest BCUT2D eigenvalue weighted by Gasteiger charge is -2.19. The first kappa shape index (κ1) is 9.04. The first-order valence-corrected chi connectivity index (χ1v) is 5.99. The Morgan fingerprint density at radius 1 is 1.33 bits per heavy atom. The van der Waals surface area contributed by atoms with Crippen molar-refractivity contribution < 1.29 is 0 Å². The summed E-state index contributed by atoms with van der Waals surface area (Å²) in [5.74, 6) is 1.14. The molecule has 2 aliphatic heterocycles. The van der Waals surface area contributed by atoms with Crippen molar-refractivity contribution in [1.82, 2.24) is 4.90 Å². The summed E-state index contributed by atoms with van der Waals surface area (Å²) >= 11 is 1.79. The summed E-state index contributed by atoms with van der Waals surface area (Å²) in [5, 5.41) is 2.21. The lowest BCUT2D eigenvalue weighted by Crippen LogP contribution is -2.25. The second-order valence-electron chi connectivity index (χ2n) is 3.73. The maximum absolute atomic E-state index is 4.60. The standard InChI is InChI=1S/C12H12N2S/c1-9-8-15-11-5-3-2-4-10(11)12-13-6-7-14(9)12/h2-5,8H,6-7H2,1H3. The summed E-state index contributed by atoms with van der Waals surface area (Å²) in [7, 11) is 0. The van der Waals surface area contributed by atoms with Gasteiger partial charge in [-0.05, 0) is 18.4 Å². The molecule has 76 valence electrons. The minimum absolute atomic E-state index is 0.916. The molecule has 3 rings (SSSR count). The average molecular weight is 216 g/mol. The summed E-state index contributed by atoms with van der Waals surface area (Å²) in [5.41, 5.74) is 2.57. The fraction of sp³-hybridized carbons (Fsp3) is 0.250. The van der Waals surface area contributed by atoms with Gasteiger partial charge in [0, 0.05) is 22.7 Å². The summed E-state index contributed by atoms with van der Waals surface area (Å²) in [6.45, 7) is 4.09. The number of rotatable bonds is 0. The Balaban J connectivity index is 2.19. The molecular weight excluding hydrogens is 204 g/mol. The van der Waals surface area contributed by atoms with Crippen LogP contribution < -0.4 is 0 Å². The summed E-state index contributed by atoms with van der Waals surface area (Å²) < 4.78 is 0. The molecule has 0 atom stereocenters. The van der Waals surface area contributed by atoms with E-state index >= 15 is 0 Å². The molecule has 3 heteroatoms. The van der Waals surface area contributed by atoms with E-state index in [2.05, 4.69) is 46.5 Å². The summed E-state index contributed by atoms with van der Waals surface area (Å²) in [6.07, 6.45) is 0. The van der Waals surface area contributed by atoms with E-state index in [1.807, 2.05) is 0 Å². The Kier molecular flexibility index (Phi) is 2.06. The van der Waals surface area contributed by atoms with E-state index in [0.717, 1.165) is 18.9 Å². The number of fused-ring (bicyclic) bond motifs is 3. The first-order chi connectivity index (χ1) is 7.36. The van der Waals surface area contributed by atoms with Gasteiger partial charge < -0.3 is 4.90 Å². The predicted molar refractivity (Wildman–Crippen MR) is 64.2 cm³/mol. The van der Waals surface area contributed by atoms with Crippen LogP contribution in [0.25, 0.3) is 0 Å². The van der Waals surface area contributed by atoms with Crippen molar-refractivity contribution in [3.05, 3.63) is 40.9 Å². The molecule has 0 unspecified atom stereocenters. The number of allylic oxidation sites excluding steroid dienone is 1. The van der Waals surface area contributed by atoms with E-state index in [1.165, 1.54) is 16.2 Å². The van der Waals surface area contributed by atoms with E-state index in [0.29, 0.717) is 0 Å². The molecule has 15 heavy (non-hydrogen) atoms. The van der Waals surface area contributed by atoms with Crippen LogP contribution in [0.1, 0.15) is 12.5 Å². The highest BCUT2D eigenvalue weighted by atomic mass is 32.2. The fourth-order valence-corrected chi connectivity index (χ4v) is 2.86. The number of amidine groups is 1. The van der Waals surface area contributed by atoms with Gasteiger partial charge in [-0.2, -0.15) is 0 Å². The Bertz CT molecular complexity index is 462. The Morgan fingerprint density at radius 2 is 2.20 bits per heavy atom. The number of hydrogen-bond acceptors (Lipinski definition) is 3. The molecule has 0 aliphatic carbocycles. The van der Waals surface area contributed by atoms with Crippen molar-refractivity contribution in [2.45, 2.75) is 11.8 Å². The van der Waals surface area contributed by atoms with Crippen molar-refractivity contribution in [3.8, 4) is 0 Å². The van der Waals surface area contributed by atoms with Gasteiger partial charge >= 0.3 is 0 Å². The summed E-state index contributed by atoms with van der Waals surface area (Å²) in [4.78, 5) is 8.21. The van der Waals surface area contributed by atoms with Crippen LogP contribution in [0.2, 0.25) is 0 Å². The molecule has 0 saturated carbocycles. The molecule has 1 aromatic rings. The highest BCUT2D eigenvalue weighted by Crippen LogP contribution is 2.32. The van der Waals surface area contributed by atoms with Crippen LogP contribution >= 0.6 is 11.8 Å². The number of thioether (sulfide) groups is 1. The van der Waals surface area contributed by atoms with Crippen molar-refractivity contribution in [2.24, 2.45) is 4.99 Å². The zero-order valence-electron chi connectivity index (χ0n) is 8.60. The third-order valence-corrected chi connectivity index (χ3v) is 3.82. The topological polar surface area (TPSA) is 15.6 Å². The second kappa shape index (κ2) is 3.42. The molecule has 2 aliphatic rings. The predicted octanol–water partition coefficient (Wildman–Crippen LogP) is 2.72. The van der Waals surface area contributed by atoms with Crippen LogP contribution in [0.3, 0.4) is 0 Å². The molecule has 0 N–H and O–H groups in total. The van der Waals surface area contributed by atoms with E-state index in [4.69, 9.17) is 0 Å². The largest absolute Gasteiger partial charge is 0.328 e. The van der Waals surface area contributed by atoms with Crippen LogP contribution in [0.5, 0.6) is 0 Å². The molecule has 0 saturated heterocycles. The SMILES string of the molecule is CC1=CSc2ccccc2C2=NCCN12. The highest BCUT2D eigenvalue weighted by molar-refractivity contribution is 8.02. The number of aliphatic imine (C=N–C) groups is 1. The molecule has 0 amide bonds. The van der Waals surface area contributed by atoms with Gasteiger partial charge in [0.05, 0.1) is 6.54 Å². The summed E-state index contributed by atoms with van der Waals surface area (Å²) in [6, 6.07) is 8.49. The van der Waals surface area contributed by atoms with Crippen LogP contribution in [-0.4, -0.2) is 23.8 Å². The molecular formula is C12H12N2S. The Labute approximate surface area is 93.7 Å². The maximum Gasteiger partial charge on any atom is 0.136 e. The van der Waals surface area contributed by atoms with Crippen LogP contribution in [-0.2, 0) is 0 Å². The van der Waals surface area contributed by atoms with Gasteiger partial charge in [-0.15, -0.1) is 0 Å². The molecule has 1 aromatic carbocycles. The molecule has 0 fully saturated rings. The van der Waals surface area contributed by atoms with Gasteiger partial charge in [0.25, 0.3) is 0 Å². The van der Waals surface area contributed by atoms with Crippen molar-refractivity contribution >= 4 is 17.6 Å².